The van der Waals surface area contributed by atoms with Crippen LogP contribution in [-0.2, 0) is 11.2 Å². The molecule has 0 aliphatic carbocycles. The van der Waals surface area contributed by atoms with E-state index in [1.54, 1.807) is 18.5 Å². The molecule has 3 N–H and O–H groups in total. The number of carbonyl (C=O) groups excluding carboxylic acids is 1. The summed E-state index contributed by atoms with van der Waals surface area (Å²) in [5, 5.41) is 3.07. The van der Waals surface area contributed by atoms with Crippen molar-refractivity contribution in [1.82, 2.24) is 10.3 Å². The standard InChI is InChI=1S/C10H13N3O/c11-9-1-2-12-4-7(9)3-10(14)8-5-13-6-8/h1-2,4,8,13H,3,5-6H2,(H2,11,12). The predicted octanol–water partition coefficient (Wildman–Crippen LogP) is -0.00520. The molecule has 1 aliphatic rings. The lowest BCUT2D eigenvalue weighted by Gasteiger charge is -2.25. The number of nitrogens with one attached hydrogen (secondary N) is 1. The molecule has 2 rings (SSSR count). The molecule has 0 amide bonds. The number of Topliss-reactive ketones (excluding diaryl/α,β-unsaturated/α-hetero) is 1. The number of pyridine rings is 1. The molecule has 1 aliphatic heterocycles. The van der Waals surface area contributed by atoms with Crippen molar-refractivity contribution in [2.75, 3.05) is 18.8 Å². The molecule has 4 nitrogen and oxygen atoms in total. The van der Waals surface area contributed by atoms with Gasteiger partial charge in [0.1, 0.15) is 5.78 Å². The first-order valence-corrected chi connectivity index (χ1v) is 4.69. The molecule has 0 atom stereocenters. The van der Waals surface area contributed by atoms with Gasteiger partial charge in [0.15, 0.2) is 0 Å². The Bertz CT molecular complexity index is 347. The van der Waals surface area contributed by atoms with Crippen LogP contribution in [-0.4, -0.2) is 23.9 Å². The van der Waals surface area contributed by atoms with Crippen LogP contribution in [0.2, 0.25) is 0 Å². The number of ketones is 1. The Labute approximate surface area is 82.5 Å². The second-order valence-electron chi connectivity index (χ2n) is 3.57. The van der Waals surface area contributed by atoms with Gasteiger partial charge in [-0.25, -0.2) is 0 Å². The fraction of sp³-hybridized carbons (Fsp3) is 0.400. The summed E-state index contributed by atoms with van der Waals surface area (Å²) in [4.78, 5) is 15.6. The first-order valence-electron chi connectivity index (χ1n) is 4.69. The zero-order valence-electron chi connectivity index (χ0n) is 7.86. The van der Waals surface area contributed by atoms with Gasteiger partial charge in [-0.2, -0.15) is 0 Å². The summed E-state index contributed by atoms with van der Waals surface area (Å²) in [7, 11) is 0. The second kappa shape index (κ2) is 3.75. The van der Waals surface area contributed by atoms with E-state index in [-0.39, 0.29) is 11.7 Å². The predicted molar refractivity (Wildman–Crippen MR) is 53.7 cm³/mol. The van der Waals surface area contributed by atoms with Crippen LogP contribution in [0.4, 0.5) is 5.69 Å². The quantitative estimate of drug-likeness (QED) is 0.705. The number of aromatic nitrogens is 1. The molecule has 0 spiro atoms. The molecule has 4 heteroatoms. The van der Waals surface area contributed by atoms with Gasteiger partial charge in [-0.15, -0.1) is 0 Å². The maximum Gasteiger partial charge on any atom is 0.143 e. The Morgan fingerprint density at radius 1 is 1.64 bits per heavy atom. The molecule has 74 valence electrons. The monoisotopic (exact) mass is 191 g/mol. The smallest absolute Gasteiger partial charge is 0.143 e. The number of nitrogen functional groups attached to an aromatic ring is 1. The number of hydrogen-bond donors (Lipinski definition) is 2. The van der Waals surface area contributed by atoms with Gasteiger partial charge in [-0.1, -0.05) is 0 Å². The van der Waals surface area contributed by atoms with Crippen LogP contribution in [0.15, 0.2) is 18.5 Å². The van der Waals surface area contributed by atoms with Gasteiger partial charge in [-0.3, -0.25) is 9.78 Å². The van der Waals surface area contributed by atoms with Crippen LogP contribution in [0.5, 0.6) is 0 Å². The normalized spacial score (nSPS) is 16.3. The van der Waals surface area contributed by atoms with Gasteiger partial charge >= 0.3 is 0 Å². The van der Waals surface area contributed by atoms with Gasteiger partial charge < -0.3 is 11.1 Å². The van der Waals surface area contributed by atoms with Crippen LogP contribution < -0.4 is 11.1 Å². The third-order valence-corrected chi connectivity index (χ3v) is 2.54. The van der Waals surface area contributed by atoms with Crippen molar-refractivity contribution in [2.24, 2.45) is 5.92 Å². The van der Waals surface area contributed by atoms with Crippen molar-refractivity contribution in [3.63, 3.8) is 0 Å². The largest absolute Gasteiger partial charge is 0.398 e. The lowest BCUT2D eigenvalue weighted by Crippen LogP contribution is -2.47. The average molecular weight is 191 g/mol. The zero-order valence-corrected chi connectivity index (χ0v) is 7.86. The van der Waals surface area contributed by atoms with Crippen molar-refractivity contribution in [3.8, 4) is 0 Å². The third-order valence-electron chi connectivity index (χ3n) is 2.54. The average Bonchev–Trinajstić information content (AvgIpc) is 2.05. The lowest BCUT2D eigenvalue weighted by atomic mass is 9.93. The van der Waals surface area contributed by atoms with Crippen molar-refractivity contribution < 1.29 is 4.79 Å². The first-order chi connectivity index (χ1) is 6.77. The Morgan fingerprint density at radius 3 is 3.00 bits per heavy atom. The Kier molecular flexibility index (Phi) is 2.45. The maximum atomic E-state index is 11.6. The van der Waals surface area contributed by atoms with Gasteiger partial charge in [0.2, 0.25) is 0 Å². The van der Waals surface area contributed by atoms with Crippen molar-refractivity contribution in [3.05, 3.63) is 24.0 Å². The molecule has 1 aromatic heterocycles. The SMILES string of the molecule is Nc1ccncc1CC(=O)C1CNC1. The summed E-state index contributed by atoms with van der Waals surface area (Å²) in [6.45, 7) is 1.61. The Morgan fingerprint density at radius 2 is 2.43 bits per heavy atom. The molecule has 0 aromatic carbocycles. The van der Waals surface area contributed by atoms with Crippen LogP contribution in [0.25, 0.3) is 0 Å². The highest BCUT2D eigenvalue weighted by atomic mass is 16.1. The van der Waals surface area contributed by atoms with Crippen LogP contribution in [0.3, 0.4) is 0 Å². The van der Waals surface area contributed by atoms with Gasteiger partial charge in [0.05, 0.1) is 0 Å². The van der Waals surface area contributed by atoms with E-state index in [1.807, 2.05) is 0 Å². The molecular formula is C10H13N3O. The summed E-state index contributed by atoms with van der Waals surface area (Å²) >= 11 is 0. The zero-order chi connectivity index (χ0) is 9.97. The van der Waals surface area contributed by atoms with Crippen molar-refractivity contribution >= 4 is 11.5 Å². The van der Waals surface area contributed by atoms with E-state index in [2.05, 4.69) is 10.3 Å². The molecule has 1 fully saturated rings. The minimum absolute atomic E-state index is 0.176. The molecule has 0 saturated carbocycles. The molecule has 0 radical (unpaired) electrons. The third kappa shape index (κ3) is 1.75. The van der Waals surface area contributed by atoms with E-state index in [0.717, 1.165) is 18.7 Å². The van der Waals surface area contributed by atoms with E-state index < -0.39 is 0 Å². The number of nitrogens with zero attached hydrogens (tertiary/aromatic N) is 1. The Balaban J connectivity index is 2.03. The van der Waals surface area contributed by atoms with Crippen molar-refractivity contribution in [2.45, 2.75) is 6.42 Å². The van der Waals surface area contributed by atoms with Gasteiger partial charge in [0.25, 0.3) is 0 Å². The van der Waals surface area contributed by atoms with E-state index in [4.69, 9.17) is 5.73 Å². The van der Waals surface area contributed by atoms with E-state index >= 15 is 0 Å². The minimum Gasteiger partial charge on any atom is -0.398 e. The van der Waals surface area contributed by atoms with Crippen LogP contribution in [0, 0.1) is 5.92 Å². The molecular weight excluding hydrogens is 178 g/mol. The number of nitrogens with two attached hydrogens (primary N) is 1. The van der Waals surface area contributed by atoms with E-state index in [9.17, 15) is 4.79 Å². The number of carbonyl (C=O) groups is 1. The summed E-state index contributed by atoms with van der Waals surface area (Å²) in [6.07, 6.45) is 3.71. The summed E-state index contributed by atoms with van der Waals surface area (Å²) in [6, 6.07) is 1.72. The first kappa shape index (κ1) is 9.15. The fourth-order valence-corrected chi connectivity index (χ4v) is 1.43. The molecule has 0 bridgehead atoms. The summed E-state index contributed by atoms with van der Waals surface area (Å²) < 4.78 is 0. The van der Waals surface area contributed by atoms with E-state index in [1.165, 1.54) is 0 Å². The van der Waals surface area contributed by atoms with Crippen LogP contribution >= 0.6 is 0 Å². The highest BCUT2D eigenvalue weighted by Gasteiger charge is 2.24. The number of anilines is 1. The summed E-state index contributed by atoms with van der Waals surface area (Å²) in [5.41, 5.74) is 7.21. The molecule has 1 saturated heterocycles. The van der Waals surface area contributed by atoms with Gasteiger partial charge in [0, 0.05) is 49.1 Å². The summed E-state index contributed by atoms with van der Waals surface area (Å²) in [5.74, 6) is 0.429. The fourth-order valence-electron chi connectivity index (χ4n) is 1.43. The minimum atomic E-state index is 0.176. The molecule has 14 heavy (non-hydrogen) atoms. The lowest BCUT2D eigenvalue weighted by molar-refractivity contribution is -0.123. The molecule has 0 unspecified atom stereocenters. The highest BCUT2D eigenvalue weighted by molar-refractivity contribution is 5.85. The second-order valence-corrected chi connectivity index (χ2v) is 3.57. The topological polar surface area (TPSA) is 68.0 Å². The maximum absolute atomic E-state index is 11.6. The van der Waals surface area contributed by atoms with Crippen LogP contribution in [0.1, 0.15) is 5.56 Å². The molecule has 2 heterocycles. The number of hydrogen-bond acceptors (Lipinski definition) is 4. The van der Waals surface area contributed by atoms with E-state index in [0.29, 0.717) is 12.1 Å². The van der Waals surface area contributed by atoms with Gasteiger partial charge in [-0.05, 0) is 6.07 Å². The highest BCUT2D eigenvalue weighted by Crippen LogP contribution is 2.14. The Hall–Kier alpha value is -1.42. The molecule has 1 aromatic rings. The number of rotatable bonds is 3. The van der Waals surface area contributed by atoms with Crippen molar-refractivity contribution in [1.29, 1.82) is 0 Å².